The molecule has 0 aliphatic carbocycles. The zero-order valence-electron chi connectivity index (χ0n) is 18.7. The smallest absolute Gasteiger partial charge is 0.248 e. The molecule has 0 unspecified atom stereocenters. The number of methoxy groups -OCH3 is 1. The van der Waals surface area contributed by atoms with Gasteiger partial charge in [0.2, 0.25) is 12.3 Å². The normalized spacial score (nSPS) is 14.5. The molecule has 164 valence electrons. The average Bonchev–Trinajstić information content (AvgIpc) is 3.19. The second-order valence-corrected chi connectivity index (χ2v) is 8.54. The predicted octanol–water partition coefficient (Wildman–Crippen LogP) is 3.06. The molecule has 2 N–H and O–H groups in total. The highest BCUT2D eigenvalue weighted by atomic mass is 16.5. The average molecular weight is 424 g/mol. The van der Waals surface area contributed by atoms with Crippen LogP contribution in [0.5, 0.6) is 5.75 Å². The van der Waals surface area contributed by atoms with Gasteiger partial charge >= 0.3 is 0 Å². The molecule has 0 amide bonds. The van der Waals surface area contributed by atoms with Gasteiger partial charge in [-0.1, -0.05) is 0 Å². The van der Waals surface area contributed by atoms with E-state index in [0.29, 0.717) is 11.6 Å². The third kappa shape index (κ3) is 4.80. The first kappa shape index (κ1) is 21.1. The SMILES string of the molecule is COc1cc(Nc2nc(N3CCCCC3)cc(C(C)(C)O)n2)ccc1-n1cc[n+](C)c1. The first-order valence-corrected chi connectivity index (χ1v) is 10.7. The Kier molecular flexibility index (Phi) is 5.82. The summed E-state index contributed by atoms with van der Waals surface area (Å²) >= 11 is 0. The number of hydrogen-bond donors (Lipinski definition) is 2. The van der Waals surface area contributed by atoms with Gasteiger partial charge in [-0.3, -0.25) is 0 Å². The Morgan fingerprint density at radius 3 is 2.55 bits per heavy atom. The summed E-state index contributed by atoms with van der Waals surface area (Å²) < 4.78 is 9.60. The summed E-state index contributed by atoms with van der Waals surface area (Å²) in [5.41, 5.74) is 1.28. The summed E-state index contributed by atoms with van der Waals surface area (Å²) in [4.78, 5) is 11.6. The first-order chi connectivity index (χ1) is 14.8. The van der Waals surface area contributed by atoms with Crippen LogP contribution in [-0.2, 0) is 12.6 Å². The molecule has 31 heavy (non-hydrogen) atoms. The largest absolute Gasteiger partial charge is 0.492 e. The topological polar surface area (TPSA) is 79.3 Å². The predicted molar refractivity (Wildman–Crippen MR) is 120 cm³/mol. The van der Waals surface area contributed by atoms with E-state index in [-0.39, 0.29) is 0 Å². The number of hydrogen-bond acceptors (Lipinski definition) is 6. The number of aryl methyl sites for hydroxylation is 1. The third-order valence-electron chi connectivity index (χ3n) is 5.50. The van der Waals surface area contributed by atoms with E-state index in [1.807, 2.05) is 59.2 Å². The Bertz CT molecular complexity index is 1050. The van der Waals surface area contributed by atoms with E-state index < -0.39 is 5.60 Å². The van der Waals surface area contributed by atoms with Gasteiger partial charge in [0.1, 0.15) is 23.8 Å². The molecule has 1 fully saturated rings. The van der Waals surface area contributed by atoms with Crippen LogP contribution in [0.2, 0.25) is 0 Å². The Labute approximate surface area is 183 Å². The van der Waals surface area contributed by atoms with Crippen molar-refractivity contribution in [1.29, 1.82) is 0 Å². The molecule has 2 aromatic heterocycles. The second kappa shape index (κ2) is 8.55. The minimum Gasteiger partial charge on any atom is -0.492 e. The van der Waals surface area contributed by atoms with Crippen LogP contribution >= 0.6 is 0 Å². The van der Waals surface area contributed by atoms with Gasteiger partial charge in [0, 0.05) is 30.9 Å². The van der Waals surface area contributed by atoms with Crippen LogP contribution in [0.15, 0.2) is 43.0 Å². The molecule has 3 aromatic rings. The number of aliphatic hydroxyl groups is 1. The lowest BCUT2D eigenvalue weighted by Crippen LogP contribution is -2.31. The van der Waals surface area contributed by atoms with Crippen molar-refractivity contribution in [3.63, 3.8) is 0 Å². The van der Waals surface area contributed by atoms with Crippen LogP contribution in [0.1, 0.15) is 38.8 Å². The fourth-order valence-electron chi connectivity index (χ4n) is 3.78. The van der Waals surface area contributed by atoms with Crippen molar-refractivity contribution in [2.45, 2.75) is 38.7 Å². The van der Waals surface area contributed by atoms with Gasteiger partial charge in [-0.25, -0.2) is 9.55 Å². The molecule has 0 atom stereocenters. The number of benzene rings is 1. The molecule has 0 saturated carbocycles. The van der Waals surface area contributed by atoms with Crippen LogP contribution in [-0.4, -0.2) is 39.8 Å². The number of nitrogens with one attached hydrogen (secondary N) is 1. The quantitative estimate of drug-likeness (QED) is 0.594. The van der Waals surface area contributed by atoms with Crippen LogP contribution < -0.4 is 19.5 Å². The highest BCUT2D eigenvalue weighted by Crippen LogP contribution is 2.30. The second-order valence-electron chi connectivity index (χ2n) is 8.54. The van der Waals surface area contributed by atoms with Crippen molar-refractivity contribution < 1.29 is 14.4 Å². The molecular formula is C23H31N6O2+. The van der Waals surface area contributed by atoms with E-state index in [1.54, 1.807) is 21.0 Å². The van der Waals surface area contributed by atoms with Crippen molar-refractivity contribution in [2.24, 2.45) is 7.05 Å². The maximum absolute atomic E-state index is 10.6. The Hall–Kier alpha value is -3.13. The van der Waals surface area contributed by atoms with Gasteiger partial charge in [0.05, 0.1) is 19.9 Å². The standard InChI is InChI=1S/C23H31N6O2/c1-23(2,30)20-15-21(28-10-6-5-7-11-28)26-22(25-20)24-17-8-9-18(19(14-17)31-4)29-13-12-27(3)16-29/h8-9,12-16,30H,5-7,10-11H2,1-4H3,(H,24,25,26)/q+1. The summed E-state index contributed by atoms with van der Waals surface area (Å²) in [6.07, 6.45) is 9.48. The molecule has 1 aliphatic heterocycles. The number of ether oxygens (including phenoxy) is 1. The summed E-state index contributed by atoms with van der Waals surface area (Å²) in [7, 11) is 3.64. The monoisotopic (exact) mass is 423 g/mol. The van der Waals surface area contributed by atoms with Crippen LogP contribution in [0.3, 0.4) is 0 Å². The van der Waals surface area contributed by atoms with Crippen molar-refractivity contribution in [3.05, 3.63) is 48.7 Å². The third-order valence-corrected chi connectivity index (χ3v) is 5.50. The molecule has 1 saturated heterocycles. The fraction of sp³-hybridized carbons (Fsp3) is 0.435. The van der Waals surface area contributed by atoms with Crippen LogP contribution in [0.4, 0.5) is 17.5 Å². The van der Waals surface area contributed by atoms with Gasteiger partial charge in [-0.15, -0.1) is 0 Å². The number of aromatic nitrogens is 4. The van der Waals surface area contributed by atoms with E-state index in [0.717, 1.165) is 48.9 Å². The summed E-state index contributed by atoms with van der Waals surface area (Å²) in [5, 5.41) is 13.9. The zero-order chi connectivity index (χ0) is 22.0. The number of anilines is 3. The molecule has 3 heterocycles. The molecule has 0 spiro atoms. The lowest BCUT2D eigenvalue weighted by molar-refractivity contribution is -0.670. The van der Waals surface area contributed by atoms with Crippen molar-refractivity contribution in [2.75, 3.05) is 30.4 Å². The van der Waals surface area contributed by atoms with E-state index in [1.165, 1.54) is 6.42 Å². The molecule has 1 aliphatic rings. The zero-order valence-corrected chi connectivity index (χ0v) is 18.7. The Morgan fingerprint density at radius 2 is 1.90 bits per heavy atom. The number of imidazole rings is 1. The molecule has 0 radical (unpaired) electrons. The van der Waals surface area contributed by atoms with Gasteiger partial charge in [0.25, 0.3) is 0 Å². The Morgan fingerprint density at radius 1 is 1.13 bits per heavy atom. The molecule has 8 heteroatoms. The maximum Gasteiger partial charge on any atom is 0.248 e. The molecule has 8 nitrogen and oxygen atoms in total. The number of rotatable bonds is 6. The lowest BCUT2D eigenvalue weighted by atomic mass is 10.0. The first-order valence-electron chi connectivity index (χ1n) is 10.7. The van der Waals surface area contributed by atoms with Crippen molar-refractivity contribution >= 4 is 17.5 Å². The molecule has 1 aromatic carbocycles. The van der Waals surface area contributed by atoms with Crippen molar-refractivity contribution in [3.8, 4) is 11.4 Å². The fourth-order valence-corrected chi connectivity index (χ4v) is 3.78. The summed E-state index contributed by atoms with van der Waals surface area (Å²) in [5.74, 6) is 2.04. The van der Waals surface area contributed by atoms with E-state index in [2.05, 4.69) is 15.2 Å². The number of piperidine rings is 1. The summed E-state index contributed by atoms with van der Waals surface area (Å²) in [6, 6.07) is 7.79. The lowest BCUT2D eigenvalue weighted by Gasteiger charge is -2.29. The van der Waals surface area contributed by atoms with E-state index in [9.17, 15) is 5.11 Å². The highest BCUT2D eigenvalue weighted by Gasteiger charge is 2.23. The number of nitrogens with zero attached hydrogens (tertiary/aromatic N) is 5. The van der Waals surface area contributed by atoms with Gasteiger partial charge in [-0.2, -0.15) is 9.55 Å². The van der Waals surface area contributed by atoms with Gasteiger partial charge in [0.15, 0.2) is 11.4 Å². The van der Waals surface area contributed by atoms with Gasteiger partial charge in [-0.05, 0) is 45.2 Å². The molecule has 4 rings (SSSR count). The van der Waals surface area contributed by atoms with Crippen LogP contribution in [0, 0.1) is 0 Å². The highest BCUT2D eigenvalue weighted by molar-refractivity contribution is 5.63. The molecular weight excluding hydrogens is 392 g/mol. The molecule has 0 bridgehead atoms. The maximum atomic E-state index is 10.6. The van der Waals surface area contributed by atoms with E-state index >= 15 is 0 Å². The van der Waals surface area contributed by atoms with Crippen molar-refractivity contribution in [1.82, 2.24) is 14.5 Å². The summed E-state index contributed by atoms with van der Waals surface area (Å²) in [6.45, 7) is 5.43. The minimum atomic E-state index is -1.06. The minimum absolute atomic E-state index is 0.461. The van der Waals surface area contributed by atoms with Gasteiger partial charge < -0.3 is 20.1 Å². The van der Waals surface area contributed by atoms with E-state index in [4.69, 9.17) is 9.72 Å². The van der Waals surface area contributed by atoms with Crippen LogP contribution in [0.25, 0.3) is 5.69 Å². The Balaban J connectivity index is 1.66.